The molecule has 5 atom stereocenters. The van der Waals surface area contributed by atoms with Gasteiger partial charge in [0.1, 0.15) is 23.7 Å². The lowest BCUT2D eigenvalue weighted by atomic mass is 10.0. The van der Waals surface area contributed by atoms with Gasteiger partial charge in [0.2, 0.25) is 27.7 Å². The van der Waals surface area contributed by atoms with Gasteiger partial charge in [-0.15, -0.1) is 0 Å². The van der Waals surface area contributed by atoms with Crippen LogP contribution >= 0.6 is 0 Å². The Morgan fingerprint density at radius 1 is 0.926 bits per heavy atom. The number of para-hydroxylation sites is 1. The Morgan fingerprint density at radius 3 is 2.48 bits per heavy atom. The van der Waals surface area contributed by atoms with Gasteiger partial charge in [0.25, 0.3) is 11.8 Å². The molecule has 0 spiro atoms. The molecule has 0 bridgehead atoms. The fourth-order valence-corrected chi connectivity index (χ4v) is 9.00. The van der Waals surface area contributed by atoms with E-state index in [0.29, 0.717) is 38.0 Å². The second-order valence-corrected chi connectivity index (χ2v) is 16.6. The second kappa shape index (κ2) is 14.4. The number of pyridine rings is 1. The number of nitrogens with one attached hydrogen (secondary N) is 3. The van der Waals surface area contributed by atoms with E-state index in [1.807, 2.05) is 60.7 Å². The molecule has 2 aliphatic heterocycles. The van der Waals surface area contributed by atoms with Gasteiger partial charge in [0.15, 0.2) is 0 Å². The molecule has 15 heteroatoms. The smallest absolute Gasteiger partial charge is 0.259 e. The summed E-state index contributed by atoms with van der Waals surface area (Å²) in [6, 6.07) is 14.9. The highest BCUT2D eigenvalue weighted by Gasteiger charge is 2.62. The summed E-state index contributed by atoms with van der Waals surface area (Å²) in [5, 5.41) is 15.3. The number of hydrogen-bond acceptors (Lipinski definition) is 10. The third-order valence-corrected chi connectivity index (χ3v) is 12.7. The van der Waals surface area contributed by atoms with Crippen LogP contribution in [0.15, 0.2) is 79.1 Å². The van der Waals surface area contributed by atoms with Gasteiger partial charge in [-0.1, -0.05) is 61.4 Å². The van der Waals surface area contributed by atoms with Crippen molar-refractivity contribution < 1.29 is 32.3 Å². The predicted molar refractivity (Wildman–Crippen MR) is 198 cm³/mol. The molecule has 14 nitrogen and oxygen atoms in total. The first-order valence-electron chi connectivity index (χ1n) is 18.5. The lowest BCUT2D eigenvalue weighted by Gasteiger charge is -2.30. The van der Waals surface area contributed by atoms with E-state index < -0.39 is 68.5 Å². The van der Waals surface area contributed by atoms with Gasteiger partial charge in [-0.2, -0.15) is 10.2 Å². The number of carbonyl (C=O) groups excluding carboxylic acids is 4. The zero-order valence-corrected chi connectivity index (χ0v) is 30.3. The van der Waals surface area contributed by atoms with Gasteiger partial charge >= 0.3 is 0 Å². The summed E-state index contributed by atoms with van der Waals surface area (Å²) in [5.41, 5.74) is -0.538. The number of fused-ring (bicyclic) bond motifs is 5. The molecule has 2 aliphatic carbocycles. The van der Waals surface area contributed by atoms with Crippen molar-refractivity contribution in [2.45, 2.75) is 86.8 Å². The molecule has 3 fully saturated rings. The van der Waals surface area contributed by atoms with Crippen LogP contribution in [0.5, 0.6) is 5.88 Å². The van der Waals surface area contributed by atoms with Crippen LogP contribution in [0.25, 0.3) is 21.7 Å². The van der Waals surface area contributed by atoms with Crippen molar-refractivity contribution in [3.05, 3.63) is 84.7 Å². The Labute approximate surface area is 312 Å². The van der Waals surface area contributed by atoms with Crippen LogP contribution in [0.4, 0.5) is 0 Å². The van der Waals surface area contributed by atoms with E-state index >= 15 is 0 Å². The van der Waals surface area contributed by atoms with E-state index in [-0.39, 0.29) is 24.9 Å². The Hall–Kier alpha value is -5.44. The van der Waals surface area contributed by atoms with Gasteiger partial charge in [-0.3, -0.25) is 23.9 Å². The third kappa shape index (κ3) is 7.11. The number of benzene rings is 2. The fraction of sp³-hybridized carbons (Fsp3) is 0.410. The molecule has 0 radical (unpaired) electrons. The number of allylic oxidation sites excluding steroid dienone is 1. The van der Waals surface area contributed by atoms with Crippen molar-refractivity contribution >= 4 is 55.3 Å². The minimum atomic E-state index is -3.89. The highest BCUT2D eigenvalue weighted by Crippen LogP contribution is 2.46. The topological polar surface area (TPSA) is 190 Å². The summed E-state index contributed by atoms with van der Waals surface area (Å²) in [4.78, 5) is 62.4. The monoisotopic (exact) mass is 751 g/mol. The van der Waals surface area contributed by atoms with Gasteiger partial charge in [0.05, 0.1) is 35.3 Å². The van der Waals surface area contributed by atoms with Gasteiger partial charge < -0.3 is 20.3 Å². The molecule has 4 heterocycles. The third-order valence-electron chi connectivity index (χ3n) is 10.8. The van der Waals surface area contributed by atoms with Crippen molar-refractivity contribution in [2.24, 2.45) is 5.92 Å². The van der Waals surface area contributed by atoms with E-state index in [4.69, 9.17) is 9.72 Å². The van der Waals surface area contributed by atoms with Gasteiger partial charge in [-0.25, -0.2) is 13.4 Å². The first kappa shape index (κ1) is 35.6. The zero-order chi connectivity index (χ0) is 37.5. The number of sulfonamides is 1. The molecule has 3 N–H and O–H groups in total. The number of ether oxygens (including phenoxy) is 1. The highest BCUT2D eigenvalue weighted by molar-refractivity contribution is 7.91. The normalized spacial score (nSPS) is 26.2. The van der Waals surface area contributed by atoms with Crippen LogP contribution in [0.1, 0.15) is 68.1 Å². The zero-order valence-electron chi connectivity index (χ0n) is 29.5. The van der Waals surface area contributed by atoms with Gasteiger partial charge in [0, 0.05) is 23.1 Å². The Balaban J connectivity index is 1.12. The molecular weight excluding hydrogens is 711 g/mol. The Morgan fingerprint density at radius 2 is 1.70 bits per heavy atom. The second-order valence-electron chi connectivity index (χ2n) is 14.6. The molecule has 4 aliphatic rings. The van der Waals surface area contributed by atoms with Crippen LogP contribution < -0.4 is 20.1 Å². The first-order valence-corrected chi connectivity index (χ1v) is 20.0. The van der Waals surface area contributed by atoms with E-state index in [9.17, 15) is 27.6 Å². The summed E-state index contributed by atoms with van der Waals surface area (Å²) >= 11 is 0. The minimum Gasteiger partial charge on any atom is -0.472 e. The standard InChI is InChI=1S/C39H41N7O7S/c47-34(24-18-19-40-41-22-24)42-32-15-5-3-1-2-4-10-25-21-39(25,38(50)45-54(51,52)27-16-17-27)44-35(48)33-20-26(23-46(33)37(32)49)53-36-30-13-7-6-11-28(30)29-12-8-9-14-31(29)43-36/h4,6-14,18-19,22,25-27,32-33H,1-3,5,15-17,20-21,23H2,(H,42,47)(H,44,48)(H,45,50)/t25-,26-,32+,33+,39-/m1/s1. The van der Waals surface area contributed by atoms with E-state index in [0.717, 1.165) is 34.5 Å². The van der Waals surface area contributed by atoms with Gasteiger partial charge in [-0.05, 0) is 62.1 Å². The largest absolute Gasteiger partial charge is 0.472 e. The van der Waals surface area contributed by atoms with Crippen molar-refractivity contribution in [2.75, 3.05) is 6.54 Å². The number of rotatable bonds is 7. The highest BCUT2D eigenvalue weighted by atomic mass is 32.2. The molecule has 4 aromatic rings. The Bertz CT molecular complexity index is 2270. The molecule has 2 saturated carbocycles. The number of amides is 4. The first-order chi connectivity index (χ1) is 26.1. The van der Waals surface area contributed by atoms with Crippen LogP contribution in [-0.2, 0) is 24.4 Å². The fourth-order valence-electron chi connectivity index (χ4n) is 7.63. The summed E-state index contributed by atoms with van der Waals surface area (Å²) in [6.45, 7) is 0.00151. The maximum absolute atomic E-state index is 14.6. The van der Waals surface area contributed by atoms with Crippen LogP contribution in [-0.4, -0.2) is 87.6 Å². The minimum absolute atomic E-state index is 0.00151. The Kier molecular flexibility index (Phi) is 9.50. The summed E-state index contributed by atoms with van der Waals surface area (Å²) < 4.78 is 34.5. The molecule has 2 aromatic carbocycles. The van der Waals surface area contributed by atoms with Crippen molar-refractivity contribution in [1.29, 1.82) is 0 Å². The lowest BCUT2D eigenvalue weighted by molar-refractivity contribution is -0.141. The summed E-state index contributed by atoms with van der Waals surface area (Å²) in [6.07, 6.45) is 10.3. The van der Waals surface area contributed by atoms with E-state index in [1.54, 1.807) is 0 Å². The summed E-state index contributed by atoms with van der Waals surface area (Å²) in [7, 11) is -3.89. The van der Waals surface area contributed by atoms with Crippen LogP contribution in [0.2, 0.25) is 0 Å². The quantitative estimate of drug-likeness (QED) is 0.187. The number of carbonyl (C=O) groups is 4. The van der Waals surface area contributed by atoms with E-state index in [2.05, 4.69) is 25.6 Å². The predicted octanol–water partition coefficient (Wildman–Crippen LogP) is 3.33. The maximum Gasteiger partial charge on any atom is 0.259 e. The average molecular weight is 752 g/mol. The lowest BCUT2D eigenvalue weighted by Crippen LogP contribution is -2.58. The SMILES string of the molecule is O=C(N[C@H]1CCCCCC=C[C@@H]2C[C@@]2(C(=O)NS(=O)(=O)C2CC2)NC(=O)[C@@H]2C[C@@H](Oc3nc4ccccc4c4ccccc34)CN2C1=O)c1ccnnc1. The number of hydrogen-bond donors (Lipinski definition) is 3. The molecule has 54 heavy (non-hydrogen) atoms. The van der Waals surface area contributed by atoms with Crippen LogP contribution in [0, 0.1) is 5.92 Å². The molecule has 280 valence electrons. The molecule has 4 amide bonds. The molecular formula is C39H41N7O7S. The molecule has 0 unspecified atom stereocenters. The summed E-state index contributed by atoms with van der Waals surface area (Å²) in [5.74, 6) is -2.44. The van der Waals surface area contributed by atoms with E-state index in [1.165, 1.54) is 23.4 Å². The van der Waals surface area contributed by atoms with Crippen LogP contribution in [0.3, 0.4) is 0 Å². The van der Waals surface area contributed by atoms with Crippen molar-refractivity contribution in [3.63, 3.8) is 0 Å². The number of aromatic nitrogens is 3. The van der Waals surface area contributed by atoms with Crippen molar-refractivity contribution in [3.8, 4) is 5.88 Å². The average Bonchev–Trinajstić information content (AvgIpc) is 4.11. The van der Waals surface area contributed by atoms with Crippen molar-refractivity contribution in [1.82, 2.24) is 35.4 Å². The number of nitrogens with zero attached hydrogens (tertiary/aromatic N) is 4. The maximum atomic E-state index is 14.6. The molecule has 2 aromatic heterocycles. The molecule has 1 saturated heterocycles. The molecule has 8 rings (SSSR count).